The second-order valence-electron chi connectivity index (χ2n) is 3.90. The van der Waals surface area contributed by atoms with E-state index >= 15 is 0 Å². The number of nitrogens with zero attached hydrogens (tertiary/aromatic N) is 2. The summed E-state index contributed by atoms with van der Waals surface area (Å²) < 4.78 is 1.09. The van der Waals surface area contributed by atoms with Crippen molar-refractivity contribution in [2.45, 2.75) is 18.2 Å². The number of aryl methyl sites for hydroxylation is 1. The summed E-state index contributed by atoms with van der Waals surface area (Å²) in [5, 5.41) is 0.653. The van der Waals surface area contributed by atoms with E-state index in [4.69, 9.17) is 23.2 Å². The van der Waals surface area contributed by atoms with Crippen LogP contribution >= 0.6 is 50.9 Å². The summed E-state index contributed by atoms with van der Waals surface area (Å²) in [6.45, 7) is 1.90. The molecule has 0 aliphatic heterocycles. The summed E-state index contributed by atoms with van der Waals surface area (Å²) in [6.07, 6.45) is 0.822. The molecule has 0 spiro atoms. The van der Waals surface area contributed by atoms with E-state index in [1.807, 2.05) is 19.1 Å². The molecule has 0 bridgehead atoms. The standard InChI is InChI=1S/C13H11BrCl2N2S/c1-8-11(12(15)18-13(16)17-8)6-7-19-10-4-2-9(14)3-5-10/h2-5H,6-7H2,1H3. The van der Waals surface area contributed by atoms with E-state index in [9.17, 15) is 0 Å². The van der Waals surface area contributed by atoms with Gasteiger partial charge in [0.15, 0.2) is 0 Å². The third kappa shape index (κ3) is 4.35. The molecule has 0 unspecified atom stereocenters. The molecule has 0 N–H and O–H groups in total. The zero-order valence-corrected chi connectivity index (χ0v) is 14.1. The molecule has 1 aromatic carbocycles. The third-order valence-electron chi connectivity index (χ3n) is 2.57. The Morgan fingerprint density at radius 2 is 1.84 bits per heavy atom. The highest BCUT2D eigenvalue weighted by Crippen LogP contribution is 2.24. The van der Waals surface area contributed by atoms with Crippen LogP contribution in [0.25, 0.3) is 0 Å². The van der Waals surface area contributed by atoms with Crippen LogP contribution in [-0.2, 0) is 6.42 Å². The van der Waals surface area contributed by atoms with Crippen molar-refractivity contribution in [1.82, 2.24) is 9.97 Å². The van der Waals surface area contributed by atoms with Gasteiger partial charge in [0, 0.05) is 26.4 Å². The van der Waals surface area contributed by atoms with Crippen LogP contribution in [0.1, 0.15) is 11.3 Å². The monoisotopic (exact) mass is 376 g/mol. The molecule has 0 saturated carbocycles. The van der Waals surface area contributed by atoms with Gasteiger partial charge in [0.25, 0.3) is 0 Å². The van der Waals surface area contributed by atoms with Crippen molar-refractivity contribution in [3.8, 4) is 0 Å². The Bertz CT molecular complexity index is 552. The lowest BCUT2D eigenvalue weighted by Gasteiger charge is -2.07. The minimum atomic E-state index is 0.201. The zero-order chi connectivity index (χ0) is 13.8. The van der Waals surface area contributed by atoms with Gasteiger partial charge >= 0.3 is 0 Å². The number of halogens is 3. The average Bonchev–Trinajstić information content (AvgIpc) is 2.34. The second-order valence-corrected chi connectivity index (χ2v) is 6.68. The number of hydrogen-bond acceptors (Lipinski definition) is 3. The van der Waals surface area contributed by atoms with Gasteiger partial charge in [-0.25, -0.2) is 9.97 Å². The average molecular weight is 378 g/mol. The van der Waals surface area contributed by atoms with Gasteiger partial charge < -0.3 is 0 Å². The van der Waals surface area contributed by atoms with Gasteiger partial charge in [-0.05, 0) is 49.2 Å². The summed E-state index contributed by atoms with van der Waals surface area (Å²) >= 11 is 17.0. The fourth-order valence-electron chi connectivity index (χ4n) is 1.61. The third-order valence-corrected chi connectivity index (χ3v) is 4.59. The number of hydrogen-bond donors (Lipinski definition) is 0. The maximum absolute atomic E-state index is 6.09. The molecule has 2 nitrogen and oxygen atoms in total. The van der Waals surface area contributed by atoms with Crippen LogP contribution in [0.4, 0.5) is 0 Å². The molecule has 0 amide bonds. The Morgan fingerprint density at radius 3 is 2.47 bits per heavy atom. The van der Waals surface area contributed by atoms with Crippen molar-refractivity contribution < 1.29 is 0 Å². The van der Waals surface area contributed by atoms with E-state index in [0.29, 0.717) is 5.15 Å². The van der Waals surface area contributed by atoms with E-state index in [2.05, 4.69) is 38.0 Å². The minimum Gasteiger partial charge on any atom is -0.223 e. The maximum Gasteiger partial charge on any atom is 0.224 e. The molecule has 0 aliphatic rings. The molecule has 0 radical (unpaired) electrons. The number of thioether (sulfide) groups is 1. The summed E-state index contributed by atoms with van der Waals surface area (Å²) in [5.74, 6) is 0.924. The van der Waals surface area contributed by atoms with Crippen LogP contribution in [-0.4, -0.2) is 15.7 Å². The highest BCUT2D eigenvalue weighted by molar-refractivity contribution is 9.10. The number of benzene rings is 1. The van der Waals surface area contributed by atoms with Gasteiger partial charge in [-0.2, -0.15) is 0 Å². The Kier molecular flexibility index (Phi) is 5.51. The van der Waals surface area contributed by atoms with Crippen LogP contribution in [0, 0.1) is 6.92 Å². The van der Waals surface area contributed by atoms with E-state index in [-0.39, 0.29) is 5.28 Å². The Balaban J connectivity index is 1.98. The predicted molar refractivity (Wildman–Crippen MR) is 85.4 cm³/mol. The first-order valence-corrected chi connectivity index (χ1v) is 8.16. The van der Waals surface area contributed by atoms with Crippen LogP contribution in [0.2, 0.25) is 10.4 Å². The molecule has 6 heteroatoms. The van der Waals surface area contributed by atoms with Crippen molar-refractivity contribution >= 4 is 50.9 Å². The minimum absolute atomic E-state index is 0.201. The molecule has 2 rings (SSSR count). The van der Waals surface area contributed by atoms with Crippen LogP contribution in [0.15, 0.2) is 33.6 Å². The van der Waals surface area contributed by atoms with Crippen molar-refractivity contribution in [2.24, 2.45) is 0 Å². The molecule has 0 aliphatic carbocycles. The zero-order valence-electron chi connectivity index (χ0n) is 10.2. The number of rotatable bonds is 4. The highest BCUT2D eigenvalue weighted by atomic mass is 79.9. The topological polar surface area (TPSA) is 25.8 Å². The lowest BCUT2D eigenvalue weighted by molar-refractivity contribution is 1.00. The predicted octanol–water partition coefficient (Wildman–Crippen LogP) is 5.19. The number of aromatic nitrogens is 2. The van der Waals surface area contributed by atoms with Crippen molar-refractivity contribution in [3.05, 3.63) is 50.4 Å². The SMILES string of the molecule is Cc1nc(Cl)nc(Cl)c1CCSc1ccc(Br)cc1. The van der Waals surface area contributed by atoms with Crippen molar-refractivity contribution in [1.29, 1.82) is 0 Å². The molecule has 1 aromatic heterocycles. The summed E-state index contributed by atoms with van der Waals surface area (Å²) in [6, 6.07) is 8.24. The molecule has 1 heterocycles. The Labute approximate surface area is 135 Å². The first-order chi connectivity index (χ1) is 9.06. The molecule has 0 fully saturated rings. The van der Waals surface area contributed by atoms with Crippen molar-refractivity contribution in [3.63, 3.8) is 0 Å². The lowest BCUT2D eigenvalue weighted by atomic mass is 10.2. The van der Waals surface area contributed by atoms with Crippen LogP contribution < -0.4 is 0 Å². The first-order valence-electron chi connectivity index (χ1n) is 5.63. The Hall–Kier alpha value is -0.290. The molecule has 2 aromatic rings. The summed E-state index contributed by atoms with van der Waals surface area (Å²) in [7, 11) is 0. The van der Waals surface area contributed by atoms with Gasteiger partial charge in [0.05, 0.1) is 0 Å². The van der Waals surface area contributed by atoms with E-state index < -0.39 is 0 Å². The van der Waals surface area contributed by atoms with Gasteiger partial charge in [0.1, 0.15) is 5.15 Å². The normalized spacial score (nSPS) is 10.7. The van der Waals surface area contributed by atoms with Crippen LogP contribution in [0.3, 0.4) is 0 Å². The van der Waals surface area contributed by atoms with E-state index in [0.717, 1.165) is 27.9 Å². The molecule has 100 valence electrons. The van der Waals surface area contributed by atoms with E-state index in [1.165, 1.54) is 4.90 Å². The van der Waals surface area contributed by atoms with E-state index in [1.54, 1.807) is 11.8 Å². The summed E-state index contributed by atoms with van der Waals surface area (Å²) in [4.78, 5) is 9.33. The van der Waals surface area contributed by atoms with Gasteiger partial charge in [-0.3, -0.25) is 0 Å². The molecular weight excluding hydrogens is 367 g/mol. The largest absolute Gasteiger partial charge is 0.224 e. The Morgan fingerprint density at radius 1 is 1.16 bits per heavy atom. The fourth-order valence-corrected chi connectivity index (χ4v) is 3.32. The molecule has 0 saturated heterocycles. The van der Waals surface area contributed by atoms with Gasteiger partial charge in [-0.1, -0.05) is 27.5 Å². The maximum atomic E-state index is 6.09. The summed E-state index contributed by atoms with van der Waals surface area (Å²) in [5.41, 5.74) is 1.82. The van der Waals surface area contributed by atoms with Gasteiger partial charge in [0.2, 0.25) is 5.28 Å². The lowest BCUT2D eigenvalue weighted by Crippen LogP contribution is -1.99. The fraction of sp³-hybridized carbons (Fsp3) is 0.231. The molecular formula is C13H11BrCl2N2S. The van der Waals surface area contributed by atoms with Crippen molar-refractivity contribution in [2.75, 3.05) is 5.75 Å². The molecule has 19 heavy (non-hydrogen) atoms. The first kappa shape index (κ1) is 15.1. The smallest absolute Gasteiger partial charge is 0.223 e. The molecule has 0 atom stereocenters. The van der Waals surface area contributed by atoms with Crippen LogP contribution in [0.5, 0.6) is 0 Å². The van der Waals surface area contributed by atoms with Gasteiger partial charge in [-0.15, -0.1) is 11.8 Å². The quantitative estimate of drug-likeness (QED) is 0.416. The highest BCUT2D eigenvalue weighted by Gasteiger charge is 2.09. The second kappa shape index (κ2) is 6.93.